The minimum absolute atomic E-state index is 0.155. The van der Waals surface area contributed by atoms with Crippen LogP contribution in [0.1, 0.15) is 36.8 Å². The van der Waals surface area contributed by atoms with E-state index in [9.17, 15) is 0 Å². The highest BCUT2D eigenvalue weighted by Gasteiger charge is 2.38. The molecule has 3 atom stereocenters. The number of pyridine rings is 1. The predicted molar refractivity (Wildman–Crippen MR) is 69.7 cm³/mol. The maximum absolute atomic E-state index is 5.67. The molecule has 0 amide bonds. The van der Waals surface area contributed by atoms with Crippen LogP contribution >= 0.6 is 0 Å². The molecule has 4 heterocycles. The van der Waals surface area contributed by atoms with Crippen molar-refractivity contribution in [3.05, 3.63) is 22.9 Å². The molecule has 3 aliphatic rings. The molecule has 3 aliphatic heterocycles. The van der Waals surface area contributed by atoms with Crippen LogP contribution in [0.2, 0.25) is 0 Å². The van der Waals surface area contributed by atoms with Crippen molar-refractivity contribution in [2.45, 2.75) is 45.1 Å². The summed E-state index contributed by atoms with van der Waals surface area (Å²) in [5.74, 6) is 1.21. The van der Waals surface area contributed by atoms with Crippen molar-refractivity contribution in [3.8, 4) is 0 Å². The number of aromatic nitrogens is 1. The van der Waals surface area contributed by atoms with Gasteiger partial charge in [-0.25, -0.2) is 4.98 Å². The van der Waals surface area contributed by atoms with Gasteiger partial charge < -0.3 is 15.0 Å². The average Bonchev–Trinajstić information content (AvgIpc) is 2.89. The van der Waals surface area contributed by atoms with Crippen molar-refractivity contribution < 1.29 is 4.74 Å². The summed E-state index contributed by atoms with van der Waals surface area (Å²) in [6.45, 7) is 7.25. The first-order chi connectivity index (χ1) is 8.74. The van der Waals surface area contributed by atoms with Crippen molar-refractivity contribution in [3.63, 3.8) is 0 Å². The summed E-state index contributed by atoms with van der Waals surface area (Å²) in [7, 11) is 0. The second-order valence-corrected chi connectivity index (χ2v) is 5.74. The minimum Gasteiger partial charge on any atom is -0.367 e. The van der Waals surface area contributed by atoms with Gasteiger partial charge in [0.1, 0.15) is 5.82 Å². The van der Waals surface area contributed by atoms with Crippen molar-refractivity contribution >= 4 is 5.82 Å². The fourth-order valence-electron chi connectivity index (χ4n) is 3.56. The average molecular weight is 245 g/mol. The third-order valence-electron chi connectivity index (χ3n) is 4.45. The summed E-state index contributed by atoms with van der Waals surface area (Å²) in [5, 5.41) is 3.51. The molecule has 1 fully saturated rings. The Bertz CT molecular complexity index is 502. The van der Waals surface area contributed by atoms with Gasteiger partial charge in [-0.2, -0.15) is 0 Å². The predicted octanol–water partition coefficient (Wildman–Crippen LogP) is 1.40. The van der Waals surface area contributed by atoms with Gasteiger partial charge >= 0.3 is 0 Å². The van der Waals surface area contributed by atoms with Gasteiger partial charge in [0, 0.05) is 30.7 Å². The van der Waals surface area contributed by atoms with E-state index in [1.54, 1.807) is 0 Å². The largest absolute Gasteiger partial charge is 0.367 e. The number of anilines is 1. The number of hydrogen-bond donors (Lipinski definition) is 1. The normalized spacial score (nSPS) is 33.2. The molecular formula is C14H19N3O. The fraction of sp³-hybridized carbons (Fsp3) is 0.643. The lowest BCUT2D eigenvalue weighted by molar-refractivity contribution is 0.0779. The molecule has 0 spiro atoms. The molecule has 0 aromatic carbocycles. The van der Waals surface area contributed by atoms with E-state index in [1.165, 1.54) is 16.9 Å². The van der Waals surface area contributed by atoms with Gasteiger partial charge in [-0.1, -0.05) is 0 Å². The highest BCUT2D eigenvalue weighted by atomic mass is 16.5. The molecule has 0 saturated carbocycles. The zero-order valence-electron chi connectivity index (χ0n) is 10.9. The van der Waals surface area contributed by atoms with Gasteiger partial charge in [0.05, 0.1) is 18.4 Å². The van der Waals surface area contributed by atoms with Gasteiger partial charge in [-0.3, -0.25) is 0 Å². The monoisotopic (exact) mass is 245 g/mol. The van der Waals surface area contributed by atoms with Crippen LogP contribution in [-0.4, -0.2) is 30.2 Å². The first-order valence-corrected chi connectivity index (χ1v) is 6.87. The summed E-state index contributed by atoms with van der Waals surface area (Å²) < 4.78 is 5.67. The molecule has 18 heavy (non-hydrogen) atoms. The van der Waals surface area contributed by atoms with Gasteiger partial charge in [-0.05, 0) is 31.9 Å². The van der Waals surface area contributed by atoms with Crippen molar-refractivity contribution in [2.75, 3.05) is 18.0 Å². The molecule has 0 aliphatic carbocycles. The summed E-state index contributed by atoms with van der Waals surface area (Å²) in [5.41, 5.74) is 3.86. The van der Waals surface area contributed by atoms with Gasteiger partial charge in [-0.15, -0.1) is 0 Å². The topological polar surface area (TPSA) is 37.4 Å². The molecule has 1 saturated heterocycles. The molecule has 0 radical (unpaired) electrons. The lowest BCUT2D eigenvalue weighted by Crippen LogP contribution is -2.55. The van der Waals surface area contributed by atoms with E-state index >= 15 is 0 Å². The van der Waals surface area contributed by atoms with Crippen molar-refractivity contribution in [1.82, 2.24) is 10.3 Å². The van der Waals surface area contributed by atoms with Crippen LogP contribution in [0.4, 0.5) is 5.82 Å². The Hall–Kier alpha value is -1.13. The summed E-state index contributed by atoms with van der Waals surface area (Å²) in [6, 6.07) is 3.45. The molecule has 4 nitrogen and oxygen atoms in total. The number of nitrogens with zero attached hydrogens (tertiary/aromatic N) is 2. The summed E-state index contributed by atoms with van der Waals surface area (Å²) in [6.07, 6.45) is 1.28. The second-order valence-electron chi connectivity index (χ2n) is 5.74. The summed E-state index contributed by atoms with van der Waals surface area (Å²) >= 11 is 0. The number of hydrogen-bond acceptors (Lipinski definition) is 4. The zero-order chi connectivity index (χ0) is 12.3. The Balaban J connectivity index is 1.81. The summed E-state index contributed by atoms with van der Waals surface area (Å²) in [4.78, 5) is 7.43. The van der Waals surface area contributed by atoms with E-state index in [2.05, 4.69) is 30.1 Å². The Morgan fingerprint density at radius 2 is 2.22 bits per heavy atom. The number of nitrogens with one attached hydrogen (secondary N) is 1. The van der Waals surface area contributed by atoms with Crippen LogP contribution in [0.15, 0.2) is 6.07 Å². The zero-order valence-corrected chi connectivity index (χ0v) is 10.9. The van der Waals surface area contributed by atoms with Crippen LogP contribution in [0.25, 0.3) is 0 Å². The highest BCUT2D eigenvalue weighted by molar-refractivity contribution is 5.58. The van der Waals surface area contributed by atoms with Crippen molar-refractivity contribution in [1.29, 1.82) is 0 Å². The van der Waals surface area contributed by atoms with Crippen LogP contribution in [0.3, 0.4) is 0 Å². The molecule has 96 valence electrons. The smallest absolute Gasteiger partial charge is 0.132 e. The van der Waals surface area contributed by atoms with Crippen molar-refractivity contribution in [2.24, 2.45) is 0 Å². The van der Waals surface area contributed by atoms with Crippen LogP contribution in [0.5, 0.6) is 0 Å². The first kappa shape index (κ1) is 10.8. The Labute approximate surface area is 107 Å². The van der Waals surface area contributed by atoms with E-state index in [0.29, 0.717) is 12.1 Å². The van der Waals surface area contributed by atoms with E-state index in [-0.39, 0.29) is 6.10 Å². The Kier molecular flexibility index (Phi) is 2.20. The van der Waals surface area contributed by atoms with Gasteiger partial charge in [0.2, 0.25) is 0 Å². The van der Waals surface area contributed by atoms with Crippen LogP contribution < -0.4 is 10.2 Å². The Morgan fingerprint density at radius 1 is 1.33 bits per heavy atom. The first-order valence-electron chi connectivity index (χ1n) is 6.87. The van der Waals surface area contributed by atoms with E-state index < -0.39 is 0 Å². The third-order valence-corrected chi connectivity index (χ3v) is 4.45. The van der Waals surface area contributed by atoms with Gasteiger partial charge in [0.15, 0.2) is 0 Å². The number of ether oxygens (including phenoxy) is 1. The molecular weight excluding hydrogens is 226 g/mol. The van der Waals surface area contributed by atoms with E-state index in [0.717, 1.165) is 31.8 Å². The van der Waals surface area contributed by atoms with Crippen LogP contribution in [0, 0.1) is 0 Å². The molecule has 1 unspecified atom stereocenters. The van der Waals surface area contributed by atoms with Gasteiger partial charge in [0.25, 0.3) is 0 Å². The molecule has 1 N–H and O–H groups in total. The number of fused-ring (bicyclic) bond motifs is 4. The third kappa shape index (κ3) is 1.36. The molecule has 0 bridgehead atoms. The number of piperazine rings is 1. The maximum Gasteiger partial charge on any atom is 0.132 e. The Morgan fingerprint density at radius 3 is 3.11 bits per heavy atom. The minimum atomic E-state index is 0.155. The SMILES string of the molecule is CC1OCc2cc3c(nc21)N1[C@@H](CNC[C@@H]1C)C3. The lowest BCUT2D eigenvalue weighted by atomic mass is 10.1. The quantitative estimate of drug-likeness (QED) is 0.749. The van der Waals surface area contributed by atoms with Crippen LogP contribution in [-0.2, 0) is 17.8 Å². The number of rotatable bonds is 0. The highest BCUT2D eigenvalue weighted by Crippen LogP contribution is 2.38. The lowest BCUT2D eigenvalue weighted by Gasteiger charge is -2.37. The standard InChI is InChI=1S/C14H19N3O/c1-8-5-15-6-12-4-10-3-11-7-18-9(2)13(11)16-14(10)17(8)12/h3,8-9,12,15H,4-7H2,1-2H3/t8-,9?,12+/m0/s1. The maximum atomic E-state index is 5.67. The van der Waals surface area contributed by atoms with E-state index in [4.69, 9.17) is 9.72 Å². The fourth-order valence-corrected chi connectivity index (χ4v) is 3.56. The molecule has 1 aromatic rings. The second kappa shape index (κ2) is 3.68. The molecule has 4 heteroatoms. The molecule has 4 rings (SSSR count). The molecule has 1 aromatic heterocycles. The van der Waals surface area contributed by atoms with E-state index in [1.807, 2.05) is 0 Å².